The molecule has 1 aliphatic heterocycles. The fourth-order valence-corrected chi connectivity index (χ4v) is 7.86. The Kier molecular flexibility index (Phi) is 9.53. The lowest BCUT2D eigenvalue weighted by atomic mass is 9.84. The molecule has 3 nitrogen and oxygen atoms in total. The minimum atomic E-state index is -7.43. The number of alkyl halides is 9. The summed E-state index contributed by atoms with van der Waals surface area (Å²) in [7, 11) is -6.88. The van der Waals surface area contributed by atoms with Gasteiger partial charge in [-0.15, -0.1) is 0 Å². The van der Waals surface area contributed by atoms with Crippen LogP contribution in [-0.4, -0.2) is 47.8 Å². The summed E-state index contributed by atoms with van der Waals surface area (Å²) in [6.07, 6.45) is 4.34. The van der Waals surface area contributed by atoms with Crippen LogP contribution in [0.15, 0.2) is 41.3 Å². The van der Waals surface area contributed by atoms with Gasteiger partial charge in [0.15, 0.2) is 15.0 Å². The third-order valence-corrected chi connectivity index (χ3v) is 10.4. The van der Waals surface area contributed by atoms with Crippen molar-refractivity contribution in [2.75, 3.05) is 11.5 Å². The molecular weight excluding hydrogens is 583 g/mol. The van der Waals surface area contributed by atoms with Gasteiger partial charge in [-0.1, -0.05) is 56.4 Å². The van der Waals surface area contributed by atoms with Crippen LogP contribution < -0.4 is 0 Å². The fraction of sp³-hybridized carbons (Fsp3) is 0.600. The van der Waals surface area contributed by atoms with Crippen LogP contribution in [0.4, 0.5) is 39.5 Å². The Bertz CT molecular complexity index is 1240. The monoisotopic (exact) mass is 610 g/mol. The minimum absolute atomic E-state index is 0.537. The third kappa shape index (κ3) is 6.47. The van der Waals surface area contributed by atoms with Crippen molar-refractivity contribution in [3.63, 3.8) is 0 Å². The van der Waals surface area contributed by atoms with Gasteiger partial charge < -0.3 is 4.55 Å². The van der Waals surface area contributed by atoms with E-state index in [0.29, 0.717) is 10.9 Å². The largest absolute Gasteiger partial charge is 0.743 e. The van der Waals surface area contributed by atoms with Gasteiger partial charge in [0.2, 0.25) is 0 Å². The van der Waals surface area contributed by atoms with Crippen molar-refractivity contribution >= 4 is 31.8 Å². The Labute approximate surface area is 223 Å². The summed E-state index contributed by atoms with van der Waals surface area (Å²) in [6, 6.07) is 13.9. The van der Waals surface area contributed by atoms with Crippen molar-refractivity contribution in [3.8, 4) is 0 Å². The molecule has 0 aromatic heterocycles. The first kappa shape index (κ1) is 31.9. The molecule has 14 heteroatoms. The highest BCUT2D eigenvalue weighted by atomic mass is 32.2. The highest BCUT2D eigenvalue weighted by Crippen LogP contribution is 2.54. The van der Waals surface area contributed by atoms with Crippen molar-refractivity contribution < 1.29 is 52.5 Å². The first-order valence-electron chi connectivity index (χ1n) is 12.3. The quantitative estimate of drug-likeness (QED) is 0.192. The molecule has 2 aliphatic rings. The van der Waals surface area contributed by atoms with E-state index in [0.717, 1.165) is 5.92 Å². The van der Waals surface area contributed by atoms with Gasteiger partial charge in [-0.3, -0.25) is 0 Å². The first-order valence-corrected chi connectivity index (χ1v) is 15.2. The summed E-state index contributed by atoms with van der Waals surface area (Å²) >= 11 is 0. The second kappa shape index (κ2) is 11.7. The van der Waals surface area contributed by atoms with Crippen molar-refractivity contribution in [2.45, 2.75) is 79.5 Å². The third-order valence-electron chi connectivity index (χ3n) is 6.99. The first-order chi connectivity index (χ1) is 17.9. The Morgan fingerprint density at radius 3 is 1.87 bits per heavy atom. The molecule has 4 rings (SSSR count). The zero-order chi connectivity index (χ0) is 29.3. The van der Waals surface area contributed by atoms with Crippen molar-refractivity contribution in [2.24, 2.45) is 5.92 Å². The van der Waals surface area contributed by atoms with Gasteiger partial charge in [-0.2, -0.15) is 39.5 Å². The van der Waals surface area contributed by atoms with Gasteiger partial charge in [-0.25, -0.2) is 8.42 Å². The lowest BCUT2D eigenvalue weighted by Gasteiger charge is -2.34. The Hall–Kier alpha value is -1.67. The maximum absolute atomic E-state index is 12.2. The average molecular weight is 611 g/mol. The van der Waals surface area contributed by atoms with Crippen LogP contribution in [0.25, 0.3) is 10.8 Å². The molecule has 2 aromatic carbocycles. The van der Waals surface area contributed by atoms with Crippen LogP contribution >= 0.6 is 0 Å². The van der Waals surface area contributed by atoms with Gasteiger partial charge in [-0.05, 0) is 48.1 Å². The molecular formula is C25H27F9O3S2. The van der Waals surface area contributed by atoms with E-state index in [9.17, 15) is 52.5 Å². The smallest absolute Gasteiger partial charge is 0.460 e. The zero-order valence-corrected chi connectivity index (χ0v) is 22.2. The van der Waals surface area contributed by atoms with E-state index in [1.54, 1.807) is 15.8 Å². The predicted molar refractivity (Wildman–Crippen MR) is 129 cm³/mol. The summed E-state index contributed by atoms with van der Waals surface area (Å²) in [5, 5.41) is -4.12. The molecule has 1 heterocycles. The molecule has 1 aliphatic carbocycles. The number of benzene rings is 2. The summed E-state index contributed by atoms with van der Waals surface area (Å²) in [4.78, 5) is 1.72. The van der Waals surface area contributed by atoms with Gasteiger partial charge in [0.1, 0.15) is 11.5 Å². The molecule has 0 atom stereocenters. The van der Waals surface area contributed by atoms with E-state index in [1.807, 2.05) is 0 Å². The molecule has 0 amide bonds. The molecule has 2 aromatic rings. The molecule has 0 unspecified atom stereocenters. The van der Waals surface area contributed by atoms with Crippen LogP contribution in [-0.2, 0) is 27.4 Å². The van der Waals surface area contributed by atoms with E-state index >= 15 is 0 Å². The number of hydrogen-bond donors (Lipinski definition) is 0. The average Bonchev–Trinajstić information content (AvgIpc) is 3.38. The number of halogens is 9. The van der Waals surface area contributed by atoms with Gasteiger partial charge in [0.05, 0.1) is 0 Å². The topological polar surface area (TPSA) is 57.2 Å². The van der Waals surface area contributed by atoms with Crippen molar-refractivity contribution in [1.82, 2.24) is 0 Å². The van der Waals surface area contributed by atoms with Gasteiger partial charge >= 0.3 is 23.3 Å². The highest BCUT2D eigenvalue weighted by Gasteiger charge is 2.83. The van der Waals surface area contributed by atoms with Gasteiger partial charge in [0, 0.05) is 16.5 Å². The minimum Gasteiger partial charge on any atom is -0.743 e. The van der Waals surface area contributed by atoms with Gasteiger partial charge in [0.25, 0.3) is 0 Å². The Morgan fingerprint density at radius 1 is 0.769 bits per heavy atom. The number of hydrogen-bond acceptors (Lipinski definition) is 3. The van der Waals surface area contributed by atoms with Crippen LogP contribution in [0, 0.1) is 5.92 Å². The van der Waals surface area contributed by atoms with E-state index in [1.165, 1.54) is 68.3 Å². The second-order valence-electron chi connectivity index (χ2n) is 9.70. The SMILES string of the molecule is O=S(=O)([O-])C(F)(F)C(F)(F)C(F)(F)C(F)(F)F.c1ccc2c(CC3CCCCC3)c([S+]3CCCC3)ccc2c1. The second-order valence-corrected chi connectivity index (χ2v) is 13.4. The van der Waals surface area contributed by atoms with Crippen LogP contribution in [0.5, 0.6) is 0 Å². The predicted octanol–water partition coefficient (Wildman–Crippen LogP) is 7.69. The highest BCUT2D eigenvalue weighted by molar-refractivity contribution is 7.97. The molecule has 0 spiro atoms. The van der Waals surface area contributed by atoms with E-state index in [4.69, 9.17) is 0 Å². The summed E-state index contributed by atoms with van der Waals surface area (Å²) in [5.74, 6) is -11.0. The maximum atomic E-state index is 12.2. The maximum Gasteiger partial charge on any atom is 0.460 e. The van der Waals surface area contributed by atoms with Crippen LogP contribution in [0.2, 0.25) is 0 Å². The fourth-order valence-electron chi connectivity index (χ4n) is 4.87. The molecule has 1 saturated carbocycles. The van der Waals surface area contributed by atoms with E-state index < -0.39 is 33.4 Å². The number of fused-ring (bicyclic) bond motifs is 1. The zero-order valence-electron chi connectivity index (χ0n) is 20.6. The lowest BCUT2D eigenvalue weighted by molar-refractivity contribution is -0.382. The molecule has 220 valence electrons. The molecule has 39 heavy (non-hydrogen) atoms. The summed E-state index contributed by atoms with van der Waals surface area (Å²) in [5.41, 5.74) is 1.72. The number of rotatable bonds is 6. The lowest BCUT2D eigenvalue weighted by Crippen LogP contribution is -2.63. The van der Waals surface area contributed by atoms with Crippen LogP contribution in [0.3, 0.4) is 0 Å². The molecule has 0 N–H and O–H groups in total. The normalized spacial score (nSPS) is 18.7. The van der Waals surface area contributed by atoms with Crippen LogP contribution in [0.1, 0.15) is 50.5 Å². The summed E-state index contributed by atoms with van der Waals surface area (Å²) in [6.45, 7) is 0. The molecule has 0 radical (unpaired) electrons. The van der Waals surface area contributed by atoms with Crippen molar-refractivity contribution in [3.05, 3.63) is 42.0 Å². The summed E-state index contributed by atoms with van der Waals surface area (Å²) < 4.78 is 135. The van der Waals surface area contributed by atoms with E-state index in [2.05, 4.69) is 36.4 Å². The molecule has 0 bridgehead atoms. The Morgan fingerprint density at radius 2 is 1.33 bits per heavy atom. The molecule has 1 saturated heterocycles. The Balaban J connectivity index is 0.000000225. The van der Waals surface area contributed by atoms with E-state index in [-0.39, 0.29) is 0 Å². The molecule has 2 fully saturated rings. The van der Waals surface area contributed by atoms with Crippen molar-refractivity contribution in [1.29, 1.82) is 0 Å². The standard InChI is InChI=1S/C21H27S.C4HF9O3S/c1-2-8-17(9-3-1)16-20-19-11-5-4-10-18(19)12-13-21(20)22-14-6-7-15-22;5-1(6,3(9,10)11)2(7,8)4(12,13)17(14,15)16/h4-5,10-13,17H,1-3,6-9,14-16H2;(H,14,15,16)/q+1;/p-1.